The Hall–Kier alpha value is -0.700. The summed E-state index contributed by atoms with van der Waals surface area (Å²) in [4.78, 5) is 24.0. The highest BCUT2D eigenvalue weighted by Crippen LogP contribution is 2.49. The lowest BCUT2D eigenvalue weighted by molar-refractivity contribution is -0.155. The highest BCUT2D eigenvalue weighted by molar-refractivity contribution is 6.13. The smallest absolute Gasteiger partial charge is 0.184 e. The van der Waals surface area contributed by atoms with Crippen LogP contribution in [0, 0.1) is 17.8 Å². The van der Waals surface area contributed by atoms with E-state index in [0.29, 0.717) is 0 Å². The molecule has 0 aromatic heterocycles. The Kier molecular flexibility index (Phi) is 1.85. The zero-order valence-corrected chi connectivity index (χ0v) is 8.74. The van der Waals surface area contributed by atoms with Gasteiger partial charge in [-0.1, -0.05) is 0 Å². The largest absolute Gasteiger partial charge is 0.374 e. The second kappa shape index (κ2) is 2.91. The maximum Gasteiger partial charge on any atom is 0.184 e. The van der Waals surface area contributed by atoms with E-state index in [2.05, 4.69) is 0 Å². The van der Waals surface area contributed by atoms with E-state index in [9.17, 15) is 14.7 Å². The van der Waals surface area contributed by atoms with E-state index >= 15 is 0 Å². The third-order valence-corrected chi connectivity index (χ3v) is 3.82. The Morgan fingerprint density at radius 2 is 1.27 bits per heavy atom. The zero-order valence-electron chi connectivity index (χ0n) is 8.74. The van der Waals surface area contributed by atoms with Crippen molar-refractivity contribution in [2.24, 2.45) is 17.8 Å². The third kappa shape index (κ3) is 1.44. The summed E-state index contributed by atoms with van der Waals surface area (Å²) in [6, 6.07) is 0. The van der Waals surface area contributed by atoms with E-state index in [1.807, 2.05) is 0 Å². The average molecular weight is 208 g/mol. The number of Topliss-reactive ketones (excluding diaryl/α,β-unsaturated/α-hetero) is 2. The second-order valence-corrected chi connectivity index (χ2v) is 5.32. The number of hydrogen-bond acceptors (Lipinski definition) is 3. The highest BCUT2D eigenvalue weighted by atomic mass is 16.3. The average Bonchev–Trinajstić information content (AvgIpc) is 3.06. The lowest BCUT2D eigenvalue weighted by atomic mass is 9.83. The van der Waals surface area contributed by atoms with Crippen LogP contribution in [0.2, 0.25) is 0 Å². The van der Waals surface area contributed by atoms with Crippen molar-refractivity contribution in [2.45, 2.75) is 44.1 Å². The van der Waals surface area contributed by atoms with Gasteiger partial charge in [0.05, 0.1) is 0 Å². The Morgan fingerprint density at radius 1 is 0.867 bits per heavy atom. The van der Waals surface area contributed by atoms with Crippen LogP contribution in [0.5, 0.6) is 0 Å². The molecular formula is C12H16O3. The summed E-state index contributed by atoms with van der Waals surface area (Å²) < 4.78 is 0. The van der Waals surface area contributed by atoms with Crippen LogP contribution in [0.3, 0.4) is 0 Å². The van der Waals surface area contributed by atoms with Crippen LogP contribution in [0.4, 0.5) is 0 Å². The molecule has 3 fully saturated rings. The fraction of sp³-hybridized carbons (Fsp3) is 0.833. The van der Waals surface area contributed by atoms with Crippen LogP contribution in [-0.2, 0) is 9.59 Å². The summed E-state index contributed by atoms with van der Waals surface area (Å²) >= 11 is 0. The van der Waals surface area contributed by atoms with E-state index in [1.165, 1.54) is 0 Å². The van der Waals surface area contributed by atoms with Crippen LogP contribution >= 0.6 is 0 Å². The number of carbonyl (C=O) groups excluding carboxylic acids is 2. The van der Waals surface area contributed by atoms with Crippen molar-refractivity contribution in [3.8, 4) is 0 Å². The quantitative estimate of drug-likeness (QED) is 0.688. The fourth-order valence-electron chi connectivity index (χ4n) is 2.34. The summed E-state index contributed by atoms with van der Waals surface area (Å²) in [5.74, 6) is -0.417. The van der Waals surface area contributed by atoms with Gasteiger partial charge in [-0.2, -0.15) is 0 Å². The molecule has 3 aliphatic carbocycles. The third-order valence-electron chi connectivity index (χ3n) is 3.82. The van der Waals surface area contributed by atoms with Gasteiger partial charge >= 0.3 is 0 Å². The van der Waals surface area contributed by atoms with Crippen molar-refractivity contribution in [2.75, 3.05) is 0 Å². The molecule has 0 aromatic carbocycles. The number of hydrogen-bond donors (Lipinski definition) is 1. The van der Waals surface area contributed by atoms with Gasteiger partial charge < -0.3 is 5.11 Å². The van der Waals surface area contributed by atoms with Crippen LogP contribution in [0.25, 0.3) is 0 Å². The van der Waals surface area contributed by atoms with Gasteiger partial charge in [0.25, 0.3) is 0 Å². The molecule has 0 saturated heterocycles. The van der Waals surface area contributed by atoms with E-state index in [-0.39, 0.29) is 29.3 Å². The Bertz CT molecular complexity index is 298. The minimum atomic E-state index is -1.58. The lowest BCUT2D eigenvalue weighted by Crippen LogP contribution is -2.50. The SMILES string of the molecule is O=C(C1CC1)C(O)(C(=O)C1CC1)C1CC1. The predicted octanol–water partition coefficient (Wildman–Crippen LogP) is 1.09. The first kappa shape index (κ1) is 9.52. The standard InChI is InChI=1S/C12H16O3/c13-10(7-1-2-7)12(15,9-5-6-9)11(14)8-3-4-8/h7-9,15H,1-6H2. The van der Waals surface area contributed by atoms with Gasteiger partial charge in [0.2, 0.25) is 0 Å². The number of carbonyl (C=O) groups is 2. The summed E-state index contributed by atoms with van der Waals surface area (Å²) in [7, 11) is 0. The van der Waals surface area contributed by atoms with Crippen LogP contribution in [-0.4, -0.2) is 22.3 Å². The molecule has 3 nitrogen and oxygen atoms in total. The lowest BCUT2D eigenvalue weighted by Gasteiger charge is -2.25. The molecule has 0 bridgehead atoms. The molecule has 0 spiro atoms. The molecule has 3 heteroatoms. The summed E-state index contributed by atoms with van der Waals surface area (Å²) in [6.45, 7) is 0. The van der Waals surface area contributed by atoms with Gasteiger partial charge in [-0.3, -0.25) is 9.59 Å². The number of rotatable bonds is 5. The van der Waals surface area contributed by atoms with Crippen molar-refractivity contribution >= 4 is 11.6 Å². The fourth-order valence-corrected chi connectivity index (χ4v) is 2.34. The molecule has 0 radical (unpaired) electrons. The molecule has 0 aliphatic heterocycles. The Labute approximate surface area is 88.9 Å². The Morgan fingerprint density at radius 3 is 1.53 bits per heavy atom. The molecule has 0 unspecified atom stereocenters. The van der Waals surface area contributed by atoms with Gasteiger partial charge in [0, 0.05) is 17.8 Å². The summed E-state index contributed by atoms with van der Waals surface area (Å²) in [5.41, 5.74) is -1.58. The first-order valence-corrected chi connectivity index (χ1v) is 5.95. The number of ketones is 2. The van der Waals surface area contributed by atoms with E-state index < -0.39 is 5.60 Å². The molecule has 0 amide bonds. The summed E-state index contributed by atoms with van der Waals surface area (Å²) in [6.07, 6.45) is 5.15. The zero-order chi connectivity index (χ0) is 10.6. The minimum Gasteiger partial charge on any atom is -0.374 e. The highest BCUT2D eigenvalue weighted by Gasteiger charge is 2.60. The van der Waals surface area contributed by atoms with Crippen molar-refractivity contribution in [3.63, 3.8) is 0 Å². The minimum absolute atomic E-state index is 0.0155. The van der Waals surface area contributed by atoms with E-state index in [0.717, 1.165) is 38.5 Å². The molecule has 3 rings (SSSR count). The molecule has 0 heterocycles. The van der Waals surface area contributed by atoms with Crippen molar-refractivity contribution in [1.82, 2.24) is 0 Å². The molecule has 1 N–H and O–H groups in total. The predicted molar refractivity (Wildman–Crippen MR) is 53.1 cm³/mol. The van der Waals surface area contributed by atoms with Crippen molar-refractivity contribution < 1.29 is 14.7 Å². The van der Waals surface area contributed by atoms with Crippen molar-refractivity contribution in [1.29, 1.82) is 0 Å². The first-order valence-electron chi connectivity index (χ1n) is 5.95. The molecule has 15 heavy (non-hydrogen) atoms. The summed E-state index contributed by atoms with van der Waals surface area (Å²) in [5, 5.41) is 10.4. The van der Waals surface area contributed by atoms with Gasteiger partial charge in [-0.05, 0) is 38.5 Å². The monoisotopic (exact) mass is 208 g/mol. The molecule has 0 atom stereocenters. The van der Waals surface area contributed by atoms with E-state index in [1.54, 1.807) is 0 Å². The molecule has 3 aliphatic rings. The molecule has 82 valence electrons. The van der Waals surface area contributed by atoms with Crippen molar-refractivity contribution in [3.05, 3.63) is 0 Å². The van der Waals surface area contributed by atoms with E-state index in [4.69, 9.17) is 0 Å². The van der Waals surface area contributed by atoms with Gasteiger partial charge in [-0.15, -0.1) is 0 Å². The van der Waals surface area contributed by atoms with Gasteiger partial charge in [0.1, 0.15) is 0 Å². The molecule has 0 aromatic rings. The van der Waals surface area contributed by atoms with Crippen LogP contribution in [0.1, 0.15) is 38.5 Å². The maximum atomic E-state index is 12.0. The molecular weight excluding hydrogens is 192 g/mol. The maximum absolute atomic E-state index is 12.0. The normalized spacial score (nSPS) is 26.5. The van der Waals surface area contributed by atoms with Gasteiger partial charge in [-0.25, -0.2) is 0 Å². The number of aliphatic hydroxyl groups is 1. The van der Waals surface area contributed by atoms with Crippen LogP contribution < -0.4 is 0 Å². The second-order valence-electron chi connectivity index (χ2n) is 5.32. The topological polar surface area (TPSA) is 54.4 Å². The molecule has 3 saturated carbocycles. The Balaban J connectivity index is 1.85. The van der Waals surface area contributed by atoms with Gasteiger partial charge in [0.15, 0.2) is 17.2 Å². The first-order chi connectivity index (χ1) is 7.14. The van der Waals surface area contributed by atoms with Crippen LogP contribution in [0.15, 0.2) is 0 Å².